The van der Waals surface area contributed by atoms with Crippen LogP contribution in [0.1, 0.15) is 24.2 Å². The number of hydrogen-bond acceptors (Lipinski definition) is 4. The van der Waals surface area contributed by atoms with Gasteiger partial charge in [0.15, 0.2) is 11.5 Å². The first-order valence-electron chi connectivity index (χ1n) is 6.53. The summed E-state index contributed by atoms with van der Waals surface area (Å²) in [4.78, 5) is 23.3. The smallest absolute Gasteiger partial charge is 0.326 e. The van der Waals surface area contributed by atoms with E-state index < -0.39 is 17.9 Å². The molecule has 114 valence electrons. The number of fused-ring (bicyclic) bond motifs is 1. The molecule has 2 N–H and O–H groups in total. The van der Waals surface area contributed by atoms with Gasteiger partial charge in [0.25, 0.3) is 5.91 Å². The monoisotopic (exact) mass is 357 g/mol. The number of carbonyl (C=O) groups excluding carboxylic acids is 1. The predicted octanol–water partition coefficient (Wildman–Crippen LogP) is 2.06. The Morgan fingerprint density at radius 1 is 1.29 bits per heavy atom. The van der Waals surface area contributed by atoms with Gasteiger partial charge in [-0.2, -0.15) is 0 Å². The maximum absolute atomic E-state index is 12.2. The van der Waals surface area contributed by atoms with E-state index in [1.807, 2.05) is 0 Å². The van der Waals surface area contributed by atoms with Gasteiger partial charge in [-0.3, -0.25) is 4.79 Å². The number of carbonyl (C=O) groups is 2. The third kappa shape index (κ3) is 3.47. The number of amides is 1. The second-order valence-corrected chi connectivity index (χ2v) is 5.87. The van der Waals surface area contributed by atoms with E-state index in [2.05, 4.69) is 21.2 Å². The zero-order valence-corrected chi connectivity index (χ0v) is 13.3. The molecule has 1 aromatic rings. The number of rotatable bonds is 4. The summed E-state index contributed by atoms with van der Waals surface area (Å²) >= 11 is 3.32. The van der Waals surface area contributed by atoms with Crippen molar-refractivity contribution in [2.75, 3.05) is 13.2 Å². The highest BCUT2D eigenvalue weighted by molar-refractivity contribution is 9.10. The lowest BCUT2D eigenvalue weighted by Crippen LogP contribution is -2.44. The molecule has 1 atom stereocenters. The molecule has 2 rings (SSSR count). The molecule has 1 aromatic carbocycles. The van der Waals surface area contributed by atoms with Crippen molar-refractivity contribution >= 4 is 27.8 Å². The predicted molar refractivity (Wildman–Crippen MR) is 78.9 cm³/mol. The summed E-state index contributed by atoms with van der Waals surface area (Å²) in [6.45, 7) is 4.33. The second-order valence-electron chi connectivity index (χ2n) is 5.02. The van der Waals surface area contributed by atoms with E-state index in [9.17, 15) is 9.59 Å². The Bertz CT molecular complexity index is 573. The number of carboxylic acid groups (broad SMARTS) is 1. The molecule has 0 bridgehead atoms. The molecule has 0 spiro atoms. The quantitative estimate of drug-likeness (QED) is 0.861. The fourth-order valence-electron chi connectivity index (χ4n) is 1.98. The fourth-order valence-corrected chi connectivity index (χ4v) is 2.54. The summed E-state index contributed by atoms with van der Waals surface area (Å²) in [6, 6.07) is 2.19. The number of ether oxygens (including phenoxy) is 2. The standard InChI is InChI=1S/C14H16BrNO5/c1-7(2)11(14(18)19)16-13(17)8-5-9(15)12-10(6-8)20-3-4-21-12/h5-7,11H,3-4H2,1-2H3,(H,16,17)(H,18,19). The minimum Gasteiger partial charge on any atom is -0.486 e. The van der Waals surface area contributed by atoms with Crippen LogP contribution in [0.3, 0.4) is 0 Å². The third-order valence-electron chi connectivity index (χ3n) is 3.08. The summed E-state index contributed by atoms with van der Waals surface area (Å²) in [5, 5.41) is 11.6. The Labute approximate surface area is 130 Å². The van der Waals surface area contributed by atoms with E-state index >= 15 is 0 Å². The van der Waals surface area contributed by atoms with Crippen LogP contribution in [0.4, 0.5) is 0 Å². The summed E-state index contributed by atoms with van der Waals surface area (Å²) in [5.41, 5.74) is 0.318. The Morgan fingerprint density at radius 2 is 1.95 bits per heavy atom. The van der Waals surface area contributed by atoms with Crippen molar-refractivity contribution in [2.45, 2.75) is 19.9 Å². The number of hydrogen-bond donors (Lipinski definition) is 2. The SMILES string of the molecule is CC(C)C(NC(=O)c1cc(Br)c2c(c1)OCCO2)C(=O)O. The van der Waals surface area contributed by atoms with Crippen LogP contribution < -0.4 is 14.8 Å². The molecule has 1 aliphatic rings. The third-order valence-corrected chi connectivity index (χ3v) is 3.67. The Kier molecular flexibility index (Phi) is 4.72. The average molecular weight is 358 g/mol. The van der Waals surface area contributed by atoms with Crippen molar-refractivity contribution in [1.82, 2.24) is 5.32 Å². The molecule has 0 aliphatic carbocycles. The number of aliphatic carboxylic acids is 1. The zero-order valence-electron chi connectivity index (χ0n) is 11.7. The van der Waals surface area contributed by atoms with Crippen LogP contribution in [-0.2, 0) is 4.79 Å². The zero-order chi connectivity index (χ0) is 15.6. The van der Waals surface area contributed by atoms with E-state index in [0.717, 1.165) is 0 Å². The molecule has 0 saturated heterocycles. The van der Waals surface area contributed by atoms with Gasteiger partial charge in [-0.05, 0) is 34.0 Å². The van der Waals surface area contributed by atoms with Crippen molar-refractivity contribution in [2.24, 2.45) is 5.92 Å². The minimum absolute atomic E-state index is 0.216. The number of carboxylic acids is 1. The number of benzene rings is 1. The van der Waals surface area contributed by atoms with E-state index in [1.54, 1.807) is 26.0 Å². The van der Waals surface area contributed by atoms with E-state index in [0.29, 0.717) is 34.7 Å². The van der Waals surface area contributed by atoms with Crippen LogP contribution >= 0.6 is 15.9 Å². The van der Waals surface area contributed by atoms with Gasteiger partial charge in [-0.15, -0.1) is 0 Å². The van der Waals surface area contributed by atoms with Gasteiger partial charge in [0, 0.05) is 5.56 Å². The average Bonchev–Trinajstić information content (AvgIpc) is 2.43. The van der Waals surface area contributed by atoms with Gasteiger partial charge in [0.05, 0.1) is 4.47 Å². The van der Waals surface area contributed by atoms with E-state index in [1.165, 1.54) is 0 Å². The van der Waals surface area contributed by atoms with Gasteiger partial charge in [-0.25, -0.2) is 4.79 Å². The first-order valence-corrected chi connectivity index (χ1v) is 7.32. The number of nitrogens with one attached hydrogen (secondary N) is 1. The lowest BCUT2D eigenvalue weighted by atomic mass is 10.0. The van der Waals surface area contributed by atoms with Crippen LogP contribution in [0.2, 0.25) is 0 Å². The van der Waals surface area contributed by atoms with Crippen molar-refractivity contribution in [3.8, 4) is 11.5 Å². The molecule has 1 unspecified atom stereocenters. The summed E-state index contributed by atoms with van der Waals surface area (Å²) in [5.74, 6) is -0.718. The summed E-state index contributed by atoms with van der Waals surface area (Å²) < 4.78 is 11.5. The lowest BCUT2D eigenvalue weighted by molar-refractivity contribution is -0.140. The van der Waals surface area contributed by atoms with E-state index in [4.69, 9.17) is 14.6 Å². The van der Waals surface area contributed by atoms with Gasteiger partial charge in [-0.1, -0.05) is 13.8 Å². The highest BCUT2D eigenvalue weighted by Crippen LogP contribution is 2.38. The van der Waals surface area contributed by atoms with Crippen molar-refractivity contribution in [3.63, 3.8) is 0 Å². The van der Waals surface area contributed by atoms with Gasteiger partial charge in [0.1, 0.15) is 19.3 Å². The first kappa shape index (κ1) is 15.6. The highest BCUT2D eigenvalue weighted by atomic mass is 79.9. The normalized spacial score (nSPS) is 14.7. The molecule has 7 heteroatoms. The molecule has 0 fully saturated rings. The van der Waals surface area contributed by atoms with Crippen LogP contribution in [0.5, 0.6) is 11.5 Å². The van der Waals surface area contributed by atoms with Crippen LogP contribution in [0.15, 0.2) is 16.6 Å². The molecule has 1 aliphatic heterocycles. The van der Waals surface area contributed by atoms with Crippen LogP contribution in [-0.4, -0.2) is 36.2 Å². The van der Waals surface area contributed by atoms with Gasteiger partial charge in [0.2, 0.25) is 0 Å². The first-order chi connectivity index (χ1) is 9.90. The topological polar surface area (TPSA) is 84.9 Å². The van der Waals surface area contributed by atoms with Crippen molar-refractivity contribution in [3.05, 3.63) is 22.2 Å². The van der Waals surface area contributed by atoms with Crippen LogP contribution in [0, 0.1) is 5.92 Å². The molecule has 21 heavy (non-hydrogen) atoms. The molecular formula is C14H16BrNO5. The molecule has 6 nitrogen and oxygen atoms in total. The van der Waals surface area contributed by atoms with Gasteiger partial charge >= 0.3 is 5.97 Å². The largest absolute Gasteiger partial charge is 0.486 e. The van der Waals surface area contributed by atoms with Gasteiger partial charge < -0.3 is 19.9 Å². The highest BCUT2D eigenvalue weighted by Gasteiger charge is 2.25. The maximum Gasteiger partial charge on any atom is 0.326 e. The second kappa shape index (κ2) is 6.34. The maximum atomic E-state index is 12.2. The lowest BCUT2D eigenvalue weighted by Gasteiger charge is -2.21. The molecule has 0 saturated carbocycles. The molecule has 0 aromatic heterocycles. The van der Waals surface area contributed by atoms with E-state index in [-0.39, 0.29) is 5.92 Å². The minimum atomic E-state index is -1.06. The van der Waals surface area contributed by atoms with Crippen molar-refractivity contribution in [1.29, 1.82) is 0 Å². The summed E-state index contributed by atoms with van der Waals surface area (Å²) in [6.07, 6.45) is 0. The Morgan fingerprint density at radius 3 is 2.57 bits per heavy atom. The number of halogens is 1. The van der Waals surface area contributed by atoms with Crippen LogP contribution in [0.25, 0.3) is 0 Å². The fraction of sp³-hybridized carbons (Fsp3) is 0.429. The molecule has 1 amide bonds. The van der Waals surface area contributed by atoms with Crippen molar-refractivity contribution < 1.29 is 24.2 Å². The Hall–Kier alpha value is -1.76. The molecule has 0 radical (unpaired) electrons. The molecular weight excluding hydrogens is 342 g/mol. The molecule has 1 heterocycles. The summed E-state index contributed by atoms with van der Waals surface area (Å²) in [7, 11) is 0. The Balaban J connectivity index is 2.23.